The van der Waals surface area contributed by atoms with Crippen LogP contribution in [-0.2, 0) is 14.3 Å². The van der Waals surface area contributed by atoms with Crippen molar-refractivity contribution in [2.24, 2.45) is 0 Å². The third-order valence-electron chi connectivity index (χ3n) is 4.71. The minimum atomic E-state index is -0.748. The van der Waals surface area contributed by atoms with Crippen LogP contribution in [0.3, 0.4) is 0 Å². The van der Waals surface area contributed by atoms with E-state index < -0.39 is 29.3 Å². The molecule has 11 nitrogen and oxygen atoms in total. The average molecular weight is 606 g/mol. The standard InChI is InChI=1S/C28H39N5O6S2/c1-27(2,3)38-25(36)32-20-13-12-19(18-21(20)33-26(37)39-28(4,5)6)24(35)31-15-9-10-22(34)29-16-17-40-41-23-11-7-8-14-30-23/h7-8,11-14,18H,9-10,15-17H2,1-6H3,(H,29,34)(H,31,35)(H,32,36)(H,33,37). The Hall–Kier alpha value is -3.45. The second kappa shape index (κ2) is 16.1. The molecule has 0 radical (unpaired) electrons. The predicted octanol–water partition coefficient (Wildman–Crippen LogP) is 5.84. The smallest absolute Gasteiger partial charge is 0.412 e. The van der Waals surface area contributed by atoms with Crippen molar-refractivity contribution in [2.75, 3.05) is 29.5 Å². The fraction of sp³-hybridized carbons (Fsp3) is 0.464. The van der Waals surface area contributed by atoms with E-state index >= 15 is 0 Å². The predicted molar refractivity (Wildman–Crippen MR) is 163 cm³/mol. The summed E-state index contributed by atoms with van der Waals surface area (Å²) in [7, 11) is 3.17. The number of amides is 4. The first-order chi connectivity index (χ1) is 19.2. The third-order valence-corrected chi connectivity index (χ3v) is 6.98. The Balaban J connectivity index is 1.85. The molecule has 0 aliphatic rings. The second-order valence-corrected chi connectivity index (χ2v) is 13.2. The molecule has 1 aromatic carbocycles. The van der Waals surface area contributed by atoms with Crippen molar-refractivity contribution < 1.29 is 28.7 Å². The molecule has 0 bridgehead atoms. The molecule has 1 aromatic heterocycles. The van der Waals surface area contributed by atoms with Gasteiger partial charge in [0.25, 0.3) is 5.91 Å². The number of carbonyl (C=O) groups is 4. The highest BCUT2D eigenvalue weighted by atomic mass is 33.1. The number of ether oxygens (including phenoxy) is 2. The molecule has 2 rings (SSSR count). The van der Waals surface area contributed by atoms with Gasteiger partial charge in [-0.3, -0.25) is 20.2 Å². The van der Waals surface area contributed by atoms with Gasteiger partial charge >= 0.3 is 12.2 Å². The zero-order valence-electron chi connectivity index (χ0n) is 24.3. The third kappa shape index (κ3) is 14.7. The largest absolute Gasteiger partial charge is 0.444 e. The van der Waals surface area contributed by atoms with Crippen LogP contribution in [0.25, 0.3) is 0 Å². The van der Waals surface area contributed by atoms with E-state index in [4.69, 9.17) is 9.47 Å². The van der Waals surface area contributed by atoms with E-state index in [1.807, 2.05) is 18.2 Å². The van der Waals surface area contributed by atoms with Crippen LogP contribution in [0.1, 0.15) is 64.7 Å². The normalized spacial score (nSPS) is 11.3. The molecular formula is C28H39N5O6S2. The Morgan fingerprint density at radius 2 is 1.49 bits per heavy atom. The van der Waals surface area contributed by atoms with E-state index in [1.165, 1.54) is 18.2 Å². The maximum Gasteiger partial charge on any atom is 0.412 e. The molecule has 0 aliphatic heterocycles. The van der Waals surface area contributed by atoms with Gasteiger partial charge in [0.1, 0.15) is 16.2 Å². The fourth-order valence-electron chi connectivity index (χ4n) is 3.10. The van der Waals surface area contributed by atoms with Gasteiger partial charge in [-0.15, -0.1) is 0 Å². The molecule has 2 aromatic rings. The Bertz CT molecular complexity index is 1180. The van der Waals surface area contributed by atoms with Crippen molar-refractivity contribution >= 4 is 57.0 Å². The van der Waals surface area contributed by atoms with Gasteiger partial charge < -0.3 is 20.1 Å². The number of nitrogens with zero attached hydrogens (tertiary/aromatic N) is 1. The first kappa shape index (κ1) is 33.8. The van der Waals surface area contributed by atoms with Gasteiger partial charge in [0.05, 0.1) is 11.4 Å². The molecule has 0 unspecified atom stereocenters. The molecule has 0 aliphatic carbocycles. The summed E-state index contributed by atoms with van der Waals surface area (Å²) >= 11 is 0. The van der Waals surface area contributed by atoms with Crippen molar-refractivity contribution in [3.8, 4) is 0 Å². The quantitative estimate of drug-likeness (QED) is 0.173. The Morgan fingerprint density at radius 3 is 2.10 bits per heavy atom. The Morgan fingerprint density at radius 1 is 0.829 bits per heavy atom. The highest BCUT2D eigenvalue weighted by Gasteiger charge is 2.21. The molecule has 224 valence electrons. The zero-order valence-corrected chi connectivity index (χ0v) is 25.9. The number of nitrogens with one attached hydrogen (secondary N) is 4. The van der Waals surface area contributed by atoms with Gasteiger partial charge in [0.2, 0.25) is 5.91 Å². The van der Waals surface area contributed by atoms with Crippen LogP contribution in [-0.4, -0.2) is 59.0 Å². The van der Waals surface area contributed by atoms with Gasteiger partial charge in [-0.05, 0) is 89.1 Å². The number of anilines is 2. The van der Waals surface area contributed by atoms with E-state index in [0.717, 1.165) is 10.8 Å². The summed E-state index contributed by atoms with van der Waals surface area (Å²) in [4.78, 5) is 53.8. The van der Waals surface area contributed by atoms with Crippen molar-refractivity contribution in [1.82, 2.24) is 15.6 Å². The number of carbonyl (C=O) groups excluding carboxylic acids is 4. The lowest BCUT2D eigenvalue weighted by Crippen LogP contribution is -2.30. The van der Waals surface area contributed by atoms with Gasteiger partial charge in [-0.25, -0.2) is 14.6 Å². The molecular weight excluding hydrogens is 566 g/mol. The number of hydrogen-bond acceptors (Lipinski definition) is 9. The molecule has 13 heteroatoms. The highest BCUT2D eigenvalue weighted by Crippen LogP contribution is 2.28. The highest BCUT2D eigenvalue weighted by molar-refractivity contribution is 8.76. The number of rotatable bonds is 12. The molecule has 41 heavy (non-hydrogen) atoms. The van der Waals surface area contributed by atoms with E-state index in [2.05, 4.69) is 26.3 Å². The van der Waals surface area contributed by atoms with Crippen LogP contribution in [0.15, 0.2) is 47.6 Å². The summed E-state index contributed by atoms with van der Waals surface area (Å²) in [5.74, 6) is 0.246. The fourth-order valence-corrected chi connectivity index (χ4v) is 4.88. The van der Waals surface area contributed by atoms with Crippen LogP contribution >= 0.6 is 21.6 Å². The molecule has 0 saturated carbocycles. The molecule has 1 heterocycles. The average Bonchev–Trinajstić information content (AvgIpc) is 2.85. The van der Waals surface area contributed by atoms with Crippen LogP contribution < -0.4 is 21.3 Å². The molecule has 0 spiro atoms. The summed E-state index contributed by atoms with van der Waals surface area (Å²) in [6.07, 6.45) is 0.993. The summed E-state index contributed by atoms with van der Waals surface area (Å²) < 4.78 is 10.6. The lowest BCUT2D eigenvalue weighted by Gasteiger charge is -2.22. The van der Waals surface area contributed by atoms with Crippen molar-refractivity contribution in [1.29, 1.82) is 0 Å². The van der Waals surface area contributed by atoms with Crippen LogP contribution in [0.4, 0.5) is 21.0 Å². The van der Waals surface area contributed by atoms with Gasteiger partial charge in [-0.1, -0.05) is 16.9 Å². The lowest BCUT2D eigenvalue weighted by atomic mass is 10.1. The van der Waals surface area contributed by atoms with Crippen LogP contribution in [0, 0.1) is 0 Å². The Labute approximate surface area is 249 Å². The van der Waals surface area contributed by atoms with E-state index in [-0.39, 0.29) is 35.8 Å². The number of pyridine rings is 1. The van der Waals surface area contributed by atoms with Gasteiger partial charge in [0, 0.05) is 37.0 Å². The maximum atomic E-state index is 12.8. The second-order valence-electron chi connectivity index (χ2n) is 10.8. The minimum Gasteiger partial charge on any atom is -0.444 e. The lowest BCUT2D eigenvalue weighted by molar-refractivity contribution is -0.121. The van der Waals surface area contributed by atoms with Gasteiger partial charge in [0.15, 0.2) is 0 Å². The number of aromatic nitrogens is 1. The van der Waals surface area contributed by atoms with Gasteiger partial charge in [-0.2, -0.15) is 0 Å². The first-order valence-electron chi connectivity index (χ1n) is 13.1. The maximum absolute atomic E-state index is 12.8. The SMILES string of the molecule is CC(C)(C)OC(=O)Nc1ccc(C(=O)NCCCC(=O)NCCSSc2ccccn2)cc1NC(=O)OC(C)(C)C. The monoisotopic (exact) mass is 605 g/mol. The first-order valence-corrected chi connectivity index (χ1v) is 15.4. The van der Waals surface area contributed by atoms with Crippen LogP contribution in [0.2, 0.25) is 0 Å². The minimum absolute atomic E-state index is 0.0934. The molecule has 0 atom stereocenters. The molecule has 4 amide bonds. The molecule has 0 saturated heterocycles. The summed E-state index contributed by atoms with van der Waals surface area (Å²) in [5, 5.41) is 11.7. The van der Waals surface area contributed by atoms with Crippen LogP contribution in [0.5, 0.6) is 0 Å². The topological polar surface area (TPSA) is 148 Å². The summed E-state index contributed by atoms with van der Waals surface area (Å²) in [6, 6.07) is 10.1. The summed E-state index contributed by atoms with van der Waals surface area (Å²) in [5.41, 5.74) is -0.831. The van der Waals surface area contributed by atoms with Crippen molar-refractivity contribution in [3.63, 3.8) is 0 Å². The summed E-state index contributed by atoms with van der Waals surface area (Å²) in [6.45, 7) is 11.2. The Kier molecular flexibility index (Phi) is 13.3. The van der Waals surface area contributed by atoms with Crippen molar-refractivity contribution in [2.45, 2.75) is 70.6 Å². The van der Waals surface area contributed by atoms with E-state index in [9.17, 15) is 19.2 Å². The van der Waals surface area contributed by atoms with E-state index in [0.29, 0.717) is 13.0 Å². The van der Waals surface area contributed by atoms with Crippen molar-refractivity contribution in [3.05, 3.63) is 48.2 Å². The van der Waals surface area contributed by atoms with E-state index in [1.54, 1.807) is 69.3 Å². The molecule has 4 N–H and O–H groups in total. The number of benzene rings is 1. The number of hydrogen-bond donors (Lipinski definition) is 4. The zero-order chi connectivity index (χ0) is 30.5. The molecule has 0 fully saturated rings.